The quantitative estimate of drug-likeness (QED) is 0.0915. The molecule has 36 heavy (non-hydrogen) atoms. The molecule has 0 fully saturated rings. The van der Waals surface area contributed by atoms with Crippen molar-refractivity contribution in [1.82, 2.24) is 10.3 Å². The van der Waals surface area contributed by atoms with Gasteiger partial charge < -0.3 is 57.0 Å². The number of thiazole rings is 1. The maximum atomic E-state index is 12.1. The average Bonchev–Trinajstić information content (AvgIpc) is 3.23. The van der Waals surface area contributed by atoms with Crippen LogP contribution < -0.4 is 16.4 Å². The number of aliphatic hydroxyl groups is 4. The fourth-order valence-electron chi connectivity index (χ4n) is 3.22. The zero-order chi connectivity index (χ0) is 26.8. The smallest absolute Gasteiger partial charge is 0.284 e. The van der Waals surface area contributed by atoms with Gasteiger partial charge in [-0.15, -0.1) is 11.3 Å². The Morgan fingerprint density at radius 3 is 2.00 bits per heavy atom. The molecule has 3 aromatic rings. The lowest BCUT2D eigenvalue weighted by Crippen LogP contribution is -2.61. The van der Waals surface area contributed by atoms with Crippen molar-refractivity contribution in [2.24, 2.45) is 0 Å². The molecule has 0 spiro atoms. The maximum absolute atomic E-state index is 12.1. The lowest BCUT2D eigenvalue weighted by molar-refractivity contribution is -0.378. The van der Waals surface area contributed by atoms with Gasteiger partial charge in [0.2, 0.25) is 23.2 Å². The molecule has 15 heteroatoms. The van der Waals surface area contributed by atoms with Crippen LogP contribution in [0, 0.1) is 0 Å². The number of aromatic nitrogens is 1. The van der Waals surface area contributed by atoms with Crippen LogP contribution in [0.3, 0.4) is 0 Å². The Morgan fingerprint density at radius 2 is 1.47 bits per heavy atom. The van der Waals surface area contributed by atoms with Crippen LogP contribution in [0.4, 0.5) is 10.8 Å². The van der Waals surface area contributed by atoms with Gasteiger partial charge in [0.25, 0.3) is 11.7 Å². The Labute approximate surface area is 206 Å². The summed E-state index contributed by atoms with van der Waals surface area (Å²) in [5.41, 5.74) is 5.43. The average molecular weight is 525 g/mol. The summed E-state index contributed by atoms with van der Waals surface area (Å²) in [5.74, 6) is -12.4. The monoisotopic (exact) mass is 524 g/mol. The summed E-state index contributed by atoms with van der Waals surface area (Å²) >= 11 is 1.19. The molecular formula is C21H24N4O10S. The lowest BCUT2D eigenvalue weighted by atomic mass is 10.0. The van der Waals surface area contributed by atoms with Gasteiger partial charge in [-0.25, -0.2) is 4.98 Å². The second-order valence-electron chi connectivity index (χ2n) is 7.72. The third kappa shape index (κ3) is 5.35. The minimum atomic E-state index is -3.37. The number of hydrogen-bond acceptors (Lipinski definition) is 14. The second kappa shape index (κ2) is 10.0. The van der Waals surface area contributed by atoms with Gasteiger partial charge in [-0.2, -0.15) is 0 Å². The largest absolute Gasteiger partial charge is 0.504 e. The van der Waals surface area contributed by atoms with Crippen LogP contribution in [0.5, 0.6) is 28.7 Å². The number of rotatable bonds is 9. The molecule has 14 nitrogen and oxygen atoms in total. The van der Waals surface area contributed by atoms with E-state index in [2.05, 4.69) is 10.3 Å². The van der Waals surface area contributed by atoms with Crippen molar-refractivity contribution >= 4 is 28.1 Å². The van der Waals surface area contributed by atoms with Crippen LogP contribution in [0.15, 0.2) is 29.6 Å². The van der Waals surface area contributed by atoms with E-state index in [1.54, 1.807) is 5.38 Å². The molecule has 3 rings (SSSR count). The summed E-state index contributed by atoms with van der Waals surface area (Å²) in [6.07, 6.45) is -0.505. The number of anilines is 2. The number of aromatic hydroxyl groups is 5. The summed E-state index contributed by atoms with van der Waals surface area (Å²) < 4.78 is 0. The molecule has 0 atom stereocenters. The molecule has 0 bridgehead atoms. The number of hydrogen-bond donors (Lipinski definition) is 12. The highest BCUT2D eigenvalue weighted by Gasteiger charge is 2.48. The van der Waals surface area contributed by atoms with E-state index in [1.165, 1.54) is 23.5 Å². The third-order valence-electron chi connectivity index (χ3n) is 5.18. The summed E-state index contributed by atoms with van der Waals surface area (Å²) in [6, 6.07) is 4.82. The number of nitrogens with two attached hydrogens (primary N) is 1. The van der Waals surface area contributed by atoms with E-state index in [0.29, 0.717) is 10.8 Å². The molecule has 1 amide bonds. The van der Waals surface area contributed by atoms with Crippen molar-refractivity contribution in [3.8, 4) is 28.7 Å². The highest BCUT2D eigenvalue weighted by atomic mass is 32.1. The van der Waals surface area contributed by atoms with E-state index in [4.69, 9.17) is 5.73 Å². The number of amides is 1. The van der Waals surface area contributed by atoms with Crippen molar-refractivity contribution in [2.45, 2.75) is 24.5 Å². The molecule has 0 aliphatic carbocycles. The number of nitrogens with zero attached hydrogens (tertiary/aromatic N) is 1. The predicted octanol–water partition coefficient (Wildman–Crippen LogP) is -0.957. The number of carbonyl (C=O) groups excluding carboxylic acids is 1. The van der Waals surface area contributed by atoms with E-state index < -0.39 is 64.9 Å². The Hall–Kier alpha value is -3.86. The molecule has 194 valence electrons. The molecule has 0 unspecified atom stereocenters. The zero-order valence-electron chi connectivity index (χ0n) is 18.4. The van der Waals surface area contributed by atoms with E-state index in [0.717, 1.165) is 12.1 Å². The number of carbonyl (C=O) groups is 1. The van der Waals surface area contributed by atoms with E-state index in [1.807, 2.05) is 5.32 Å². The first-order valence-corrected chi connectivity index (χ1v) is 11.0. The Morgan fingerprint density at radius 1 is 0.917 bits per heavy atom. The van der Waals surface area contributed by atoms with Gasteiger partial charge in [0.05, 0.1) is 12.1 Å². The van der Waals surface area contributed by atoms with Crippen molar-refractivity contribution in [1.29, 1.82) is 0 Å². The normalized spacial score (nSPS) is 12.0. The van der Waals surface area contributed by atoms with Crippen molar-refractivity contribution < 1.29 is 50.8 Å². The molecule has 0 saturated heterocycles. The van der Waals surface area contributed by atoms with Crippen molar-refractivity contribution in [3.63, 3.8) is 0 Å². The Bertz CT molecular complexity index is 1230. The Balaban J connectivity index is 1.65. The molecule has 2 aromatic carbocycles. The molecule has 1 heterocycles. The SMILES string of the molecule is Nc1nc(CC(=O)Nc2ccc(C(O)(O)C(O)(O)NCCc3c(O)c(O)c(O)c(O)c3O)cc2)cs1. The van der Waals surface area contributed by atoms with Crippen LogP contribution in [0.25, 0.3) is 0 Å². The van der Waals surface area contributed by atoms with Crippen LogP contribution >= 0.6 is 11.3 Å². The summed E-state index contributed by atoms with van der Waals surface area (Å²) in [5, 5.41) is 96.1. The minimum absolute atomic E-state index is 0.0403. The molecule has 0 saturated carbocycles. The fourth-order valence-corrected chi connectivity index (χ4v) is 3.78. The number of phenolic OH excluding ortho intramolecular Hbond substituents is 5. The molecule has 13 N–H and O–H groups in total. The van der Waals surface area contributed by atoms with E-state index in [-0.39, 0.29) is 17.7 Å². The maximum Gasteiger partial charge on any atom is 0.284 e. The van der Waals surface area contributed by atoms with Gasteiger partial charge in [-0.1, -0.05) is 12.1 Å². The number of nitrogen functional groups attached to an aromatic ring is 1. The minimum Gasteiger partial charge on any atom is -0.504 e. The number of benzene rings is 2. The van der Waals surface area contributed by atoms with Crippen LogP contribution in [0.1, 0.15) is 16.8 Å². The number of nitrogens with one attached hydrogen (secondary N) is 2. The fraction of sp³-hybridized carbons (Fsp3) is 0.238. The predicted molar refractivity (Wildman–Crippen MR) is 125 cm³/mol. The topological polar surface area (TPSA) is 262 Å². The first-order chi connectivity index (χ1) is 16.7. The molecule has 0 aliphatic heterocycles. The van der Waals surface area contributed by atoms with Gasteiger partial charge in [-0.05, 0) is 18.6 Å². The third-order valence-corrected chi connectivity index (χ3v) is 5.91. The van der Waals surface area contributed by atoms with E-state index in [9.17, 15) is 50.8 Å². The van der Waals surface area contributed by atoms with Gasteiger partial charge in [0, 0.05) is 28.7 Å². The summed E-state index contributed by atoms with van der Waals surface area (Å²) in [7, 11) is 0. The molecular weight excluding hydrogens is 500 g/mol. The first-order valence-electron chi connectivity index (χ1n) is 10.2. The molecule has 0 aliphatic rings. The number of phenols is 5. The molecule has 1 aromatic heterocycles. The van der Waals surface area contributed by atoms with Crippen LogP contribution in [-0.2, 0) is 23.4 Å². The van der Waals surface area contributed by atoms with Crippen molar-refractivity contribution in [2.75, 3.05) is 17.6 Å². The van der Waals surface area contributed by atoms with Crippen molar-refractivity contribution in [3.05, 3.63) is 46.5 Å². The van der Waals surface area contributed by atoms with Gasteiger partial charge in [-0.3, -0.25) is 10.1 Å². The molecule has 0 radical (unpaired) electrons. The second-order valence-corrected chi connectivity index (χ2v) is 8.61. The van der Waals surface area contributed by atoms with Gasteiger partial charge in [0.15, 0.2) is 16.6 Å². The van der Waals surface area contributed by atoms with Gasteiger partial charge >= 0.3 is 0 Å². The summed E-state index contributed by atoms with van der Waals surface area (Å²) in [6.45, 7) is -0.532. The highest BCUT2D eigenvalue weighted by molar-refractivity contribution is 7.13. The highest BCUT2D eigenvalue weighted by Crippen LogP contribution is 2.50. The summed E-state index contributed by atoms with van der Waals surface area (Å²) in [4.78, 5) is 16.1. The van der Waals surface area contributed by atoms with Crippen LogP contribution in [-0.4, -0.2) is 69.3 Å². The van der Waals surface area contributed by atoms with E-state index >= 15 is 0 Å². The lowest BCUT2D eigenvalue weighted by Gasteiger charge is -2.35. The standard InChI is InChI=1S/C21H24N4O10S/c22-19-25-11(8-36-19)7-13(26)24-10-3-1-9(2-4-10)20(32,33)21(34,35)23-6-5-12-14(27)16(29)18(31)17(30)15(12)28/h1-4,8,23,27-35H,5-7H2,(H2,22,25)(H,24,26). The van der Waals surface area contributed by atoms with Crippen LogP contribution in [0.2, 0.25) is 0 Å². The first kappa shape index (κ1) is 26.7. The van der Waals surface area contributed by atoms with Gasteiger partial charge in [0.1, 0.15) is 0 Å². The Kier molecular flexibility index (Phi) is 7.44. The zero-order valence-corrected chi connectivity index (χ0v) is 19.2.